The summed E-state index contributed by atoms with van der Waals surface area (Å²) in [6, 6.07) is 11.4. The minimum absolute atomic E-state index is 0.606. The van der Waals surface area contributed by atoms with E-state index >= 15 is 0 Å². The maximum absolute atomic E-state index is 5.68. The zero-order valence-corrected chi connectivity index (χ0v) is 10.1. The topological polar surface area (TPSA) is 82.5 Å². The van der Waals surface area contributed by atoms with Gasteiger partial charge in [0.2, 0.25) is 0 Å². The summed E-state index contributed by atoms with van der Waals surface area (Å²) in [7, 11) is 0. The van der Waals surface area contributed by atoms with Crippen LogP contribution in [0.3, 0.4) is 0 Å². The highest BCUT2D eigenvalue weighted by molar-refractivity contribution is 5.58. The molecule has 0 aliphatic heterocycles. The molecule has 0 fully saturated rings. The number of tetrazole rings is 1. The number of hydrogen-bond acceptors (Lipinski definition) is 5. The molecule has 2 aromatic heterocycles. The Bertz CT molecular complexity index is 659. The first-order valence-corrected chi connectivity index (χ1v) is 5.84. The summed E-state index contributed by atoms with van der Waals surface area (Å²) in [6.07, 6.45) is 3.51. The van der Waals surface area contributed by atoms with E-state index in [9.17, 15) is 0 Å². The molecule has 94 valence electrons. The third-order valence-electron chi connectivity index (χ3n) is 2.78. The fourth-order valence-corrected chi connectivity index (χ4v) is 1.81. The number of benzene rings is 1. The fraction of sp³-hybridized carbons (Fsp3) is 0.0769. The first kappa shape index (κ1) is 11.3. The smallest absolute Gasteiger partial charge is 0.182 e. The first-order chi connectivity index (χ1) is 9.33. The molecular formula is C13H12N6. The molecule has 0 saturated carbocycles. The largest absolute Gasteiger partial charge is 0.399 e. The second kappa shape index (κ2) is 4.85. The summed E-state index contributed by atoms with van der Waals surface area (Å²) in [4.78, 5) is 3.99. The van der Waals surface area contributed by atoms with Crippen LogP contribution in [0.25, 0.3) is 11.4 Å². The molecule has 0 unspecified atom stereocenters. The number of rotatable bonds is 3. The van der Waals surface area contributed by atoms with Gasteiger partial charge in [-0.05, 0) is 52.4 Å². The van der Waals surface area contributed by atoms with Crippen LogP contribution < -0.4 is 5.73 Å². The van der Waals surface area contributed by atoms with E-state index in [4.69, 9.17) is 5.73 Å². The van der Waals surface area contributed by atoms with Crippen molar-refractivity contribution in [2.75, 3.05) is 5.73 Å². The van der Waals surface area contributed by atoms with Crippen molar-refractivity contribution >= 4 is 5.69 Å². The van der Waals surface area contributed by atoms with Crippen LogP contribution in [-0.4, -0.2) is 25.2 Å². The molecule has 0 aliphatic carbocycles. The lowest BCUT2D eigenvalue weighted by Gasteiger charge is -2.04. The lowest BCUT2D eigenvalue weighted by Crippen LogP contribution is -2.04. The Balaban J connectivity index is 1.92. The number of anilines is 1. The molecular weight excluding hydrogens is 240 g/mol. The van der Waals surface area contributed by atoms with Crippen molar-refractivity contribution in [3.8, 4) is 11.4 Å². The van der Waals surface area contributed by atoms with Gasteiger partial charge in [0.1, 0.15) is 0 Å². The predicted molar refractivity (Wildman–Crippen MR) is 71.0 cm³/mol. The molecule has 0 radical (unpaired) electrons. The Kier molecular flexibility index (Phi) is 2.89. The number of nitrogens with zero attached hydrogens (tertiary/aromatic N) is 5. The highest BCUT2D eigenvalue weighted by atomic mass is 15.5. The van der Waals surface area contributed by atoms with Gasteiger partial charge in [-0.25, -0.2) is 4.68 Å². The maximum Gasteiger partial charge on any atom is 0.182 e. The van der Waals surface area contributed by atoms with Crippen LogP contribution in [0.2, 0.25) is 0 Å². The lowest BCUT2D eigenvalue weighted by atomic mass is 10.2. The van der Waals surface area contributed by atoms with Crippen molar-refractivity contribution in [1.82, 2.24) is 25.2 Å². The number of nitrogens with two attached hydrogens (primary N) is 1. The summed E-state index contributed by atoms with van der Waals surface area (Å²) in [6.45, 7) is 0.606. The van der Waals surface area contributed by atoms with Crippen molar-refractivity contribution in [2.45, 2.75) is 6.54 Å². The summed E-state index contributed by atoms with van der Waals surface area (Å²) in [5.74, 6) is 0.719. The molecule has 0 amide bonds. The number of pyridine rings is 1. The standard InChI is InChI=1S/C13H12N6/c14-12-3-1-11(2-4-12)13-16-17-18-19(13)9-10-5-7-15-8-6-10/h1-8H,9,14H2. The van der Waals surface area contributed by atoms with E-state index in [0.717, 1.165) is 22.6 Å². The minimum Gasteiger partial charge on any atom is -0.399 e. The summed E-state index contributed by atoms with van der Waals surface area (Å²) in [5, 5.41) is 11.8. The van der Waals surface area contributed by atoms with Crippen LogP contribution >= 0.6 is 0 Å². The normalized spacial score (nSPS) is 10.5. The van der Waals surface area contributed by atoms with Crippen LogP contribution in [0, 0.1) is 0 Å². The molecule has 6 nitrogen and oxygen atoms in total. The van der Waals surface area contributed by atoms with Gasteiger partial charge in [-0.15, -0.1) is 5.10 Å². The Morgan fingerprint density at radius 3 is 2.47 bits per heavy atom. The van der Waals surface area contributed by atoms with E-state index in [1.165, 1.54) is 0 Å². The van der Waals surface area contributed by atoms with Gasteiger partial charge in [0, 0.05) is 23.6 Å². The van der Waals surface area contributed by atoms with Gasteiger partial charge in [0.15, 0.2) is 5.82 Å². The van der Waals surface area contributed by atoms with E-state index < -0.39 is 0 Å². The average Bonchev–Trinajstić information content (AvgIpc) is 2.89. The van der Waals surface area contributed by atoms with Gasteiger partial charge < -0.3 is 5.73 Å². The fourth-order valence-electron chi connectivity index (χ4n) is 1.81. The molecule has 0 bridgehead atoms. The number of nitrogen functional groups attached to an aromatic ring is 1. The molecule has 2 N–H and O–H groups in total. The minimum atomic E-state index is 0.606. The first-order valence-electron chi connectivity index (χ1n) is 5.84. The Hall–Kier alpha value is -2.76. The van der Waals surface area contributed by atoms with Crippen molar-refractivity contribution in [3.63, 3.8) is 0 Å². The zero-order valence-electron chi connectivity index (χ0n) is 10.1. The van der Waals surface area contributed by atoms with Crippen LogP contribution in [0.15, 0.2) is 48.8 Å². The molecule has 2 heterocycles. The molecule has 0 aliphatic rings. The Morgan fingerprint density at radius 2 is 1.74 bits per heavy atom. The lowest BCUT2D eigenvalue weighted by molar-refractivity contribution is 0.653. The summed E-state index contributed by atoms with van der Waals surface area (Å²) < 4.78 is 1.75. The Labute approximate surface area is 109 Å². The third-order valence-corrected chi connectivity index (χ3v) is 2.78. The molecule has 0 atom stereocenters. The van der Waals surface area contributed by atoms with Crippen LogP contribution in [0.5, 0.6) is 0 Å². The quantitative estimate of drug-likeness (QED) is 0.712. The van der Waals surface area contributed by atoms with Gasteiger partial charge in [0.05, 0.1) is 6.54 Å². The second-order valence-corrected chi connectivity index (χ2v) is 4.14. The zero-order chi connectivity index (χ0) is 13.1. The van der Waals surface area contributed by atoms with Crippen molar-refractivity contribution in [2.24, 2.45) is 0 Å². The van der Waals surface area contributed by atoms with Crippen LogP contribution in [-0.2, 0) is 6.54 Å². The molecule has 0 spiro atoms. The third kappa shape index (κ3) is 2.42. The van der Waals surface area contributed by atoms with E-state index in [2.05, 4.69) is 20.5 Å². The maximum atomic E-state index is 5.68. The number of aromatic nitrogens is 5. The van der Waals surface area contributed by atoms with Gasteiger partial charge >= 0.3 is 0 Å². The molecule has 3 aromatic rings. The molecule has 0 saturated heterocycles. The van der Waals surface area contributed by atoms with Gasteiger partial charge in [0.25, 0.3) is 0 Å². The summed E-state index contributed by atoms with van der Waals surface area (Å²) in [5.41, 5.74) is 8.43. The van der Waals surface area contributed by atoms with E-state index in [-0.39, 0.29) is 0 Å². The second-order valence-electron chi connectivity index (χ2n) is 4.14. The Morgan fingerprint density at radius 1 is 1.00 bits per heavy atom. The van der Waals surface area contributed by atoms with Crippen molar-refractivity contribution < 1.29 is 0 Å². The van der Waals surface area contributed by atoms with Crippen molar-refractivity contribution in [3.05, 3.63) is 54.4 Å². The SMILES string of the molecule is Nc1ccc(-c2nnnn2Cc2ccncc2)cc1. The summed E-state index contributed by atoms with van der Waals surface area (Å²) >= 11 is 0. The number of hydrogen-bond donors (Lipinski definition) is 1. The van der Waals surface area contributed by atoms with E-state index in [0.29, 0.717) is 6.54 Å². The van der Waals surface area contributed by atoms with Gasteiger partial charge in [-0.1, -0.05) is 0 Å². The van der Waals surface area contributed by atoms with E-state index in [1.54, 1.807) is 17.1 Å². The molecule has 6 heteroatoms. The predicted octanol–water partition coefficient (Wildman–Crippen LogP) is 1.37. The van der Waals surface area contributed by atoms with Gasteiger partial charge in [-0.3, -0.25) is 4.98 Å². The van der Waals surface area contributed by atoms with E-state index in [1.807, 2.05) is 36.4 Å². The highest BCUT2D eigenvalue weighted by Crippen LogP contribution is 2.17. The molecule has 19 heavy (non-hydrogen) atoms. The van der Waals surface area contributed by atoms with Crippen molar-refractivity contribution in [1.29, 1.82) is 0 Å². The van der Waals surface area contributed by atoms with Gasteiger partial charge in [-0.2, -0.15) is 0 Å². The highest BCUT2D eigenvalue weighted by Gasteiger charge is 2.08. The average molecular weight is 252 g/mol. The molecule has 3 rings (SSSR count). The monoisotopic (exact) mass is 252 g/mol. The molecule has 1 aromatic carbocycles. The van der Waals surface area contributed by atoms with Crippen LogP contribution in [0.4, 0.5) is 5.69 Å². The van der Waals surface area contributed by atoms with Crippen LogP contribution in [0.1, 0.15) is 5.56 Å².